The molecule has 254 valence electrons. The van der Waals surface area contributed by atoms with E-state index in [1.165, 1.54) is 0 Å². The molecule has 7 heteroatoms. The van der Waals surface area contributed by atoms with Gasteiger partial charge in [-0.05, 0) is 39.9 Å². The van der Waals surface area contributed by atoms with Gasteiger partial charge in [0.15, 0.2) is 0 Å². The molecule has 0 radical (unpaired) electrons. The van der Waals surface area contributed by atoms with Gasteiger partial charge < -0.3 is 33.5 Å². The van der Waals surface area contributed by atoms with Crippen molar-refractivity contribution in [2.45, 2.75) is 63.6 Å². The smallest absolute Gasteiger partial charge is 0.121 e. The van der Waals surface area contributed by atoms with E-state index >= 15 is 0 Å². The Labute approximate surface area is 289 Å². The monoisotopic (exact) mass is 660 g/mol. The summed E-state index contributed by atoms with van der Waals surface area (Å²) in [5.41, 5.74) is 5.03. The minimum absolute atomic E-state index is 0.0309. The van der Waals surface area contributed by atoms with Crippen molar-refractivity contribution in [1.29, 1.82) is 0 Å². The van der Waals surface area contributed by atoms with E-state index in [9.17, 15) is 5.11 Å². The Morgan fingerprint density at radius 1 is 0.429 bits per heavy atom. The molecule has 0 aromatic heterocycles. The number of aliphatic hydroxyl groups excluding tert-OH is 1. The fourth-order valence-corrected chi connectivity index (χ4v) is 5.89. The van der Waals surface area contributed by atoms with E-state index in [-0.39, 0.29) is 19.8 Å². The van der Waals surface area contributed by atoms with E-state index in [4.69, 9.17) is 28.4 Å². The van der Waals surface area contributed by atoms with Crippen LogP contribution in [-0.4, -0.2) is 48.8 Å². The normalized spacial score (nSPS) is 20.6. The van der Waals surface area contributed by atoms with Gasteiger partial charge in [0.2, 0.25) is 0 Å². The summed E-state index contributed by atoms with van der Waals surface area (Å²) in [6.07, 6.45) is -2.55. The zero-order valence-electron chi connectivity index (χ0n) is 27.6. The lowest BCUT2D eigenvalue weighted by atomic mass is 9.94. The van der Waals surface area contributed by atoms with Gasteiger partial charge in [-0.2, -0.15) is 0 Å². The van der Waals surface area contributed by atoms with E-state index in [2.05, 4.69) is 12.1 Å². The zero-order chi connectivity index (χ0) is 33.5. The van der Waals surface area contributed by atoms with Crippen molar-refractivity contribution >= 4 is 0 Å². The first-order chi connectivity index (χ1) is 24.2. The zero-order valence-corrected chi connectivity index (χ0v) is 27.6. The first-order valence-corrected chi connectivity index (χ1v) is 16.8. The maximum Gasteiger partial charge on any atom is 0.121 e. The van der Waals surface area contributed by atoms with Crippen LogP contribution in [0, 0.1) is 0 Å². The third-order valence-corrected chi connectivity index (χ3v) is 8.50. The summed E-state index contributed by atoms with van der Waals surface area (Å²) >= 11 is 0. The van der Waals surface area contributed by atoms with Crippen LogP contribution in [0.5, 0.6) is 5.75 Å². The Balaban J connectivity index is 1.29. The molecule has 6 rings (SSSR count). The van der Waals surface area contributed by atoms with E-state index < -0.39 is 30.5 Å². The lowest BCUT2D eigenvalue weighted by Gasteiger charge is -2.46. The summed E-state index contributed by atoms with van der Waals surface area (Å²) in [6, 6.07) is 47.8. The summed E-state index contributed by atoms with van der Waals surface area (Å²) in [7, 11) is 0. The molecule has 0 unspecified atom stereocenters. The third kappa shape index (κ3) is 10.3. The van der Waals surface area contributed by atoms with Gasteiger partial charge in [-0.3, -0.25) is 0 Å². The molecule has 1 N–H and O–H groups in total. The molecule has 5 aromatic rings. The first-order valence-electron chi connectivity index (χ1n) is 16.8. The maximum atomic E-state index is 9.51. The molecule has 0 amide bonds. The van der Waals surface area contributed by atoms with Gasteiger partial charge in [0.05, 0.1) is 39.6 Å². The molecule has 0 saturated carbocycles. The molecule has 1 aliphatic heterocycles. The second-order valence-electron chi connectivity index (χ2n) is 12.1. The van der Waals surface area contributed by atoms with Crippen LogP contribution in [0.25, 0.3) is 0 Å². The van der Waals surface area contributed by atoms with Crippen molar-refractivity contribution in [2.24, 2.45) is 0 Å². The number of rotatable bonds is 17. The van der Waals surface area contributed by atoms with Crippen LogP contribution in [0.3, 0.4) is 0 Å². The lowest BCUT2D eigenvalue weighted by Crippen LogP contribution is -2.62. The van der Waals surface area contributed by atoms with Gasteiger partial charge >= 0.3 is 0 Å². The Hall–Kier alpha value is -4.34. The highest BCUT2D eigenvalue weighted by molar-refractivity contribution is 5.27. The highest BCUT2D eigenvalue weighted by Crippen LogP contribution is 2.32. The van der Waals surface area contributed by atoms with E-state index in [0.717, 1.165) is 27.8 Å². The van der Waals surface area contributed by atoms with E-state index in [1.807, 2.05) is 133 Å². The third-order valence-electron chi connectivity index (χ3n) is 8.50. The maximum absolute atomic E-state index is 9.51. The number of benzene rings is 5. The summed E-state index contributed by atoms with van der Waals surface area (Å²) in [5, 5.41) is 9.51. The van der Waals surface area contributed by atoms with E-state index in [0.29, 0.717) is 32.2 Å². The number of hydrogen-bond donors (Lipinski definition) is 1. The van der Waals surface area contributed by atoms with Crippen LogP contribution < -0.4 is 4.74 Å². The fraction of sp³-hybridized carbons (Fsp3) is 0.286. The Morgan fingerprint density at radius 3 is 1.29 bits per heavy atom. The van der Waals surface area contributed by atoms with Gasteiger partial charge in [-0.15, -0.1) is 0 Å². The average Bonchev–Trinajstić information content (AvgIpc) is 3.17. The number of hydrogen-bond acceptors (Lipinski definition) is 7. The van der Waals surface area contributed by atoms with Crippen molar-refractivity contribution in [3.63, 3.8) is 0 Å². The Morgan fingerprint density at radius 2 is 0.837 bits per heavy atom. The molecule has 0 bridgehead atoms. The SMILES string of the molecule is OCc1ccc(OC[C@@H]2O[C@H](COCc3ccccc3)[C@@H](OCc3ccccc3)[C@H](OCc3ccccc3)[C@H]2OCc2ccccc2)cc1. The number of aliphatic hydroxyl groups is 1. The predicted octanol–water partition coefficient (Wildman–Crippen LogP) is 7.30. The minimum Gasteiger partial charge on any atom is -0.491 e. The average molecular weight is 661 g/mol. The van der Waals surface area contributed by atoms with E-state index in [1.54, 1.807) is 0 Å². The summed E-state index contributed by atoms with van der Waals surface area (Å²) < 4.78 is 39.7. The lowest BCUT2D eigenvalue weighted by molar-refractivity contribution is -0.276. The molecule has 0 spiro atoms. The summed E-state index contributed by atoms with van der Waals surface area (Å²) in [5.74, 6) is 0.670. The van der Waals surface area contributed by atoms with Gasteiger partial charge in [0, 0.05) is 0 Å². The van der Waals surface area contributed by atoms with Crippen LogP contribution in [0.15, 0.2) is 146 Å². The predicted molar refractivity (Wildman–Crippen MR) is 188 cm³/mol. The molecule has 7 nitrogen and oxygen atoms in total. The van der Waals surface area contributed by atoms with Crippen molar-refractivity contribution in [3.05, 3.63) is 173 Å². The second-order valence-corrected chi connectivity index (χ2v) is 12.1. The molecular weight excluding hydrogens is 616 g/mol. The Kier molecular flexibility index (Phi) is 13.0. The summed E-state index contributed by atoms with van der Waals surface area (Å²) in [4.78, 5) is 0. The van der Waals surface area contributed by atoms with Crippen molar-refractivity contribution in [2.75, 3.05) is 13.2 Å². The van der Waals surface area contributed by atoms with Crippen LogP contribution in [0.4, 0.5) is 0 Å². The molecule has 1 aliphatic rings. The molecular formula is C42H44O7. The molecule has 1 saturated heterocycles. The van der Waals surface area contributed by atoms with Gasteiger partial charge in [-0.1, -0.05) is 133 Å². The van der Waals surface area contributed by atoms with Crippen LogP contribution in [0.1, 0.15) is 27.8 Å². The van der Waals surface area contributed by atoms with Crippen LogP contribution in [0.2, 0.25) is 0 Å². The highest BCUT2D eigenvalue weighted by atomic mass is 16.6. The molecule has 1 heterocycles. The second kappa shape index (κ2) is 18.4. The quantitative estimate of drug-likeness (QED) is 0.112. The Bertz CT molecular complexity index is 1620. The highest BCUT2D eigenvalue weighted by Gasteiger charge is 2.48. The minimum atomic E-state index is -0.535. The van der Waals surface area contributed by atoms with Crippen molar-refractivity contribution in [3.8, 4) is 5.75 Å². The number of ether oxygens (including phenoxy) is 6. The van der Waals surface area contributed by atoms with Crippen LogP contribution >= 0.6 is 0 Å². The molecule has 1 fully saturated rings. The van der Waals surface area contributed by atoms with Gasteiger partial charge in [-0.25, -0.2) is 0 Å². The standard InChI is InChI=1S/C42H44O7/c43-25-32-21-23-37(24-22-32)45-31-39-41(47-28-35-17-9-3-10-18-35)42(48-29-36-19-11-4-12-20-36)40(46-27-34-15-7-2-8-16-34)38(49-39)30-44-26-33-13-5-1-6-14-33/h1-24,38-43H,25-31H2/t38-,39+,40-,41+,42+/m1/s1. The van der Waals surface area contributed by atoms with Gasteiger partial charge in [0.1, 0.15) is 42.9 Å². The molecule has 5 atom stereocenters. The first kappa shape index (κ1) is 34.5. The molecule has 5 aromatic carbocycles. The fourth-order valence-electron chi connectivity index (χ4n) is 5.89. The molecule has 0 aliphatic carbocycles. The van der Waals surface area contributed by atoms with Crippen LogP contribution in [-0.2, 0) is 56.7 Å². The largest absolute Gasteiger partial charge is 0.491 e. The van der Waals surface area contributed by atoms with Crippen molar-refractivity contribution in [1.82, 2.24) is 0 Å². The molecule has 49 heavy (non-hydrogen) atoms. The topological polar surface area (TPSA) is 75.6 Å². The van der Waals surface area contributed by atoms with Crippen molar-refractivity contribution < 1.29 is 33.5 Å². The summed E-state index contributed by atoms with van der Waals surface area (Å²) in [6.45, 7) is 2.01. The van der Waals surface area contributed by atoms with Gasteiger partial charge in [0.25, 0.3) is 0 Å².